The first-order valence-corrected chi connectivity index (χ1v) is 12.0. The molecule has 1 fully saturated rings. The first-order chi connectivity index (χ1) is 16.9. The highest BCUT2D eigenvalue weighted by atomic mass is 35.5. The summed E-state index contributed by atoms with van der Waals surface area (Å²) in [5, 5.41) is 12.6. The number of rotatable bonds is 3. The van der Waals surface area contributed by atoms with Crippen LogP contribution in [-0.4, -0.2) is 45.1 Å². The second-order valence-corrected chi connectivity index (χ2v) is 9.62. The summed E-state index contributed by atoms with van der Waals surface area (Å²) in [6, 6.07) is 13.8. The number of amides is 1. The lowest BCUT2D eigenvalue weighted by Crippen LogP contribution is -2.49. The smallest absolute Gasteiger partial charge is 0.263 e. The van der Waals surface area contributed by atoms with E-state index < -0.39 is 17.5 Å². The number of halogens is 2. The topological polar surface area (TPSA) is 78.5 Å². The van der Waals surface area contributed by atoms with Gasteiger partial charge >= 0.3 is 0 Å². The lowest BCUT2D eigenvalue weighted by Gasteiger charge is -2.39. The molecule has 8 heteroatoms. The number of benzene rings is 2. The van der Waals surface area contributed by atoms with Crippen LogP contribution >= 0.6 is 11.6 Å². The number of carbonyl (C=O) groups excluding carboxylic acids is 1. The van der Waals surface area contributed by atoms with E-state index in [9.17, 15) is 14.3 Å². The molecule has 0 bridgehead atoms. The Balaban J connectivity index is 1.23. The van der Waals surface area contributed by atoms with E-state index in [2.05, 4.69) is 9.97 Å². The molecule has 178 valence electrons. The van der Waals surface area contributed by atoms with Crippen LogP contribution in [0.3, 0.4) is 0 Å². The fraction of sp³-hybridized carbons (Fsp3) is 0.259. The fourth-order valence-electron chi connectivity index (χ4n) is 5.27. The molecule has 2 N–H and O–H groups in total. The SMILES string of the molecule is O=C([C@@H]1Cc2cc(Cl)cc(-c3ccnc4[nH]ccc34)c2O1)N1CCC(O)(c2ccccc2F)CC1. The third-order valence-corrected chi connectivity index (χ3v) is 7.32. The molecule has 2 aliphatic heterocycles. The van der Waals surface area contributed by atoms with E-state index in [-0.39, 0.29) is 24.3 Å². The van der Waals surface area contributed by atoms with E-state index in [0.29, 0.717) is 30.3 Å². The van der Waals surface area contributed by atoms with Crippen LogP contribution in [0.25, 0.3) is 22.2 Å². The minimum absolute atomic E-state index is 0.139. The molecular formula is C27H23ClFN3O3. The standard InChI is InChI=1S/C27H23ClFN3O3/c28-17-13-16-14-23(35-24(16)20(15-17)18-5-9-30-25-19(18)6-10-31-25)26(33)32-11-7-27(34,8-12-32)21-3-1-2-4-22(21)29/h1-6,9-10,13,15,23,34H,7-8,11-12,14H2,(H,30,31)/t23-/m0/s1. The van der Waals surface area contributed by atoms with Crippen molar-refractivity contribution in [3.63, 3.8) is 0 Å². The van der Waals surface area contributed by atoms with Crippen molar-refractivity contribution >= 4 is 28.5 Å². The van der Waals surface area contributed by atoms with Gasteiger partial charge in [-0.2, -0.15) is 0 Å². The number of nitrogens with zero attached hydrogens (tertiary/aromatic N) is 2. The average molecular weight is 492 g/mol. The Morgan fingerprint density at radius 1 is 1.17 bits per heavy atom. The van der Waals surface area contributed by atoms with E-state index in [1.54, 1.807) is 29.3 Å². The molecular weight excluding hydrogens is 469 g/mol. The van der Waals surface area contributed by atoms with Gasteiger partial charge in [-0.15, -0.1) is 0 Å². The predicted molar refractivity (Wildman–Crippen MR) is 131 cm³/mol. The highest BCUT2D eigenvalue weighted by molar-refractivity contribution is 6.31. The van der Waals surface area contributed by atoms with Gasteiger partial charge in [0.15, 0.2) is 6.10 Å². The summed E-state index contributed by atoms with van der Waals surface area (Å²) in [6.07, 6.45) is 3.82. The Hall–Kier alpha value is -3.42. The van der Waals surface area contributed by atoms with Crippen LogP contribution in [0.4, 0.5) is 4.39 Å². The average Bonchev–Trinajstić information content (AvgIpc) is 3.51. The number of carbonyl (C=O) groups is 1. The van der Waals surface area contributed by atoms with Crippen LogP contribution in [0.2, 0.25) is 5.02 Å². The summed E-state index contributed by atoms with van der Waals surface area (Å²) in [5.41, 5.74) is 2.39. The lowest BCUT2D eigenvalue weighted by atomic mass is 9.84. The summed E-state index contributed by atoms with van der Waals surface area (Å²) in [5.74, 6) is 0.0862. The molecule has 0 saturated carbocycles. The normalized spacial score (nSPS) is 18.9. The van der Waals surface area contributed by atoms with Crippen molar-refractivity contribution in [1.29, 1.82) is 0 Å². The lowest BCUT2D eigenvalue weighted by molar-refractivity contribution is -0.142. The number of pyridine rings is 1. The zero-order chi connectivity index (χ0) is 24.2. The highest BCUT2D eigenvalue weighted by Gasteiger charge is 2.40. The van der Waals surface area contributed by atoms with E-state index >= 15 is 0 Å². The molecule has 1 saturated heterocycles. The Morgan fingerprint density at radius 3 is 2.77 bits per heavy atom. The number of ether oxygens (including phenoxy) is 1. The van der Waals surface area contributed by atoms with Crippen molar-refractivity contribution in [2.24, 2.45) is 0 Å². The predicted octanol–water partition coefficient (Wildman–Crippen LogP) is 4.84. The Labute approximate surface area is 206 Å². The molecule has 2 aliphatic rings. The number of H-pyrrole nitrogens is 1. The van der Waals surface area contributed by atoms with Gasteiger partial charge < -0.3 is 19.7 Å². The summed E-state index contributed by atoms with van der Waals surface area (Å²) < 4.78 is 20.5. The molecule has 6 nitrogen and oxygen atoms in total. The molecule has 1 atom stereocenters. The number of aromatic amines is 1. The molecule has 2 aromatic carbocycles. The maximum absolute atomic E-state index is 14.3. The minimum Gasteiger partial charge on any atom is -0.479 e. The molecule has 0 radical (unpaired) electrons. The van der Waals surface area contributed by atoms with E-state index in [4.69, 9.17) is 16.3 Å². The second kappa shape index (κ2) is 8.36. The van der Waals surface area contributed by atoms with Gasteiger partial charge in [0, 0.05) is 59.0 Å². The van der Waals surface area contributed by atoms with Crippen LogP contribution in [0.1, 0.15) is 24.0 Å². The summed E-state index contributed by atoms with van der Waals surface area (Å²) in [7, 11) is 0. The third-order valence-electron chi connectivity index (χ3n) is 7.10. The molecule has 0 unspecified atom stereocenters. The first kappa shape index (κ1) is 22.1. The zero-order valence-electron chi connectivity index (χ0n) is 18.8. The van der Waals surface area contributed by atoms with Crippen LogP contribution in [0.5, 0.6) is 5.75 Å². The number of aliphatic hydroxyl groups is 1. The van der Waals surface area contributed by atoms with Gasteiger partial charge in [-0.25, -0.2) is 9.37 Å². The fourth-order valence-corrected chi connectivity index (χ4v) is 5.51. The Bertz CT molecular complexity index is 1440. The zero-order valence-corrected chi connectivity index (χ0v) is 19.6. The number of likely N-dealkylation sites (tertiary alicyclic amines) is 1. The number of hydrogen-bond acceptors (Lipinski definition) is 4. The monoisotopic (exact) mass is 491 g/mol. The largest absolute Gasteiger partial charge is 0.479 e. The van der Waals surface area contributed by atoms with E-state index in [0.717, 1.165) is 27.7 Å². The van der Waals surface area contributed by atoms with Gasteiger partial charge in [-0.1, -0.05) is 29.8 Å². The Morgan fingerprint density at radius 2 is 1.97 bits per heavy atom. The summed E-state index contributed by atoms with van der Waals surface area (Å²) in [4.78, 5) is 22.5. The van der Waals surface area contributed by atoms with Crippen molar-refractivity contribution in [3.8, 4) is 16.9 Å². The maximum atomic E-state index is 14.3. The van der Waals surface area contributed by atoms with Crippen molar-refractivity contribution in [2.75, 3.05) is 13.1 Å². The van der Waals surface area contributed by atoms with Gasteiger partial charge in [0.1, 0.15) is 17.2 Å². The number of nitrogens with one attached hydrogen (secondary N) is 1. The highest BCUT2D eigenvalue weighted by Crippen LogP contribution is 2.43. The Kier molecular flexibility index (Phi) is 5.27. The van der Waals surface area contributed by atoms with E-state index in [1.807, 2.05) is 30.5 Å². The van der Waals surface area contributed by atoms with Gasteiger partial charge in [0.25, 0.3) is 5.91 Å². The van der Waals surface area contributed by atoms with E-state index in [1.165, 1.54) is 6.07 Å². The molecule has 4 heterocycles. The number of aromatic nitrogens is 2. The van der Waals surface area contributed by atoms with Crippen molar-refractivity contribution < 1.29 is 19.0 Å². The number of piperidine rings is 1. The van der Waals surface area contributed by atoms with Crippen LogP contribution in [-0.2, 0) is 16.8 Å². The quantitative estimate of drug-likeness (QED) is 0.430. The molecule has 0 spiro atoms. The molecule has 4 aromatic rings. The summed E-state index contributed by atoms with van der Waals surface area (Å²) >= 11 is 6.45. The first-order valence-electron chi connectivity index (χ1n) is 11.6. The second-order valence-electron chi connectivity index (χ2n) is 9.19. The van der Waals surface area contributed by atoms with Gasteiger partial charge in [-0.3, -0.25) is 4.79 Å². The molecule has 0 aliphatic carbocycles. The summed E-state index contributed by atoms with van der Waals surface area (Å²) in [6.45, 7) is 0.642. The number of hydrogen-bond donors (Lipinski definition) is 2. The third kappa shape index (κ3) is 3.75. The van der Waals surface area contributed by atoms with Crippen molar-refractivity contribution in [1.82, 2.24) is 14.9 Å². The van der Waals surface area contributed by atoms with Crippen molar-refractivity contribution in [2.45, 2.75) is 31.0 Å². The van der Waals surface area contributed by atoms with Crippen LogP contribution < -0.4 is 4.74 Å². The molecule has 1 amide bonds. The van der Waals surface area contributed by atoms with Gasteiger partial charge in [-0.05, 0) is 48.7 Å². The van der Waals surface area contributed by atoms with Crippen LogP contribution in [0.15, 0.2) is 60.9 Å². The minimum atomic E-state index is -1.29. The number of fused-ring (bicyclic) bond motifs is 2. The van der Waals surface area contributed by atoms with Gasteiger partial charge in [0.05, 0.1) is 5.60 Å². The van der Waals surface area contributed by atoms with Crippen LogP contribution in [0, 0.1) is 5.82 Å². The molecule has 2 aromatic heterocycles. The maximum Gasteiger partial charge on any atom is 0.263 e. The van der Waals surface area contributed by atoms with Gasteiger partial charge in [0.2, 0.25) is 0 Å². The molecule has 6 rings (SSSR count). The van der Waals surface area contributed by atoms with Crippen molar-refractivity contribution in [3.05, 3.63) is 82.9 Å². The molecule has 35 heavy (non-hydrogen) atoms.